The lowest BCUT2D eigenvalue weighted by molar-refractivity contribution is -0.0503. The van der Waals surface area contributed by atoms with Crippen molar-refractivity contribution in [3.05, 3.63) is 35.8 Å². The fraction of sp³-hybridized carbons (Fsp3) is 0.640. The van der Waals surface area contributed by atoms with Gasteiger partial charge in [-0.1, -0.05) is 6.07 Å². The van der Waals surface area contributed by atoms with Gasteiger partial charge in [-0.05, 0) is 80.8 Å². The fourth-order valence-electron chi connectivity index (χ4n) is 7.45. The molecule has 1 aliphatic heterocycles. The number of amides is 2. The highest BCUT2D eigenvalue weighted by Crippen LogP contribution is 2.59. The summed E-state index contributed by atoms with van der Waals surface area (Å²) in [5, 5.41) is 6.58. The van der Waals surface area contributed by atoms with Crippen LogP contribution in [0.5, 0.6) is 0 Å². The standard InChI is InChI=1S/C25H33N5O2/c1-16-13-26-5-6-29(16)24(32)20-14-30-21(3-2-4-22(30)28-20)23(31)27-15-25-10-17-7-18(11-25)9-19(8-17)12-25/h2-4,14,16-19,26H,5-13,15H2,1H3,(H,27,31). The highest BCUT2D eigenvalue weighted by molar-refractivity contribution is 5.95. The molecule has 1 unspecified atom stereocenters. The molecule has 2 N–H and O–H groups in total. The first kappa shape index (κ1) is 20.2. The number of nitrogens with zero attached hydrogens (tertiary/aromatic N) is 3. The number of aromatic nitrogens is 2. The highest BCUT2D eigenvalue weighted by atomic mass is 16.2. The molecule has 7 rings (SSSR count). The number of rotatable bonds is 4. The van der Waals surface area contributed by atoms with Gasteiger partial charge >= 0.3 is 0 Å². The van der Waals surface area contributed by atoms with E-state index in [-0.39, 0.29) is 17.9 Å². The average Bonchev–Trinajstić information content (AvgIpc) is 3.21. The normalized spacial score (nSPS) is 33.6. The van der Waals surface area contributed by atoms with Crippen LogP contribution >= 0.6 is 0 Å². The minimum absolute atomic E-state index is 0.0670. The van der Waals surface area contributed by atoms with Crippen LogP contribution in [0.3, 0.4) is 0 Å². The summed E-state index contributed by atoms with van der Waals surface area (Å²) in [6.07, 6.45) is 9.77. The molecule has 4 saturated carbocycles. The second-order valence-electron chi connectivity index (χ2n) is 10.9. The fourth-order valence-corrected chi connectivity index (χ4v) is 7.45. The Hall–Kier alpha value is -2.41. The number of carbonyl (C=O) groups is 2. The van der Waals surface area contributed by atoms with Gasteiger partial charge in [-0.25, -0.2) is 4.98 Å². The van der Waals surface area contributed by atoms with Crippen molar-refractivity contribution in [1.29, 1.82) is 0 Å². The summed E-state index contributed by atoms with van der Waals surface area (Å²) in [5.41, 5.74) is 1.89. The largest absolute Gasteiger partial charge is 0.350 e. The van der Waals surface area contributed by atoms with E-state index in [4.69, 9.17) is 0 Å². The van der Waals surface area contributed by atoms with Gasteiger partial charge in [-0.2, -0.15) is 0 Å². The lowest BCUT2D eigenvalue weighted by atomic mass is 9.49. The maximum absolute atomic E-state index is 13.2. The van der Waals surface area contributed by atoms with Crippen molar-refractivity contribution in [2.45, 2.75) is 51.5 Å². The van der Waals surface area contributed by atoms with Crippen LogP contribution in [0.2, 0.25) is 0 Å². The monoisotopic (exact) mass is 435 g/mol. The number of hydrogen-bond donors (Lipinski definition) is 2. The quantitative estimate of drug-likeness (QED) is 0.774. The van der Waals surface area contributed by atoms with Gasteiger partial charge in [0.25, 0.3) is 11.8 Å². The zero-order valence-corrected chi connectivity index (χ0v) is 18.8. The van der Waals surface area contributed by atoms with E-state index in [1.54, 1.807) is 10.6 Å². The van der Waals surface area contributed by atoms with Crippen LogP contribution in [0.1, 0.15) is 66.4 Å². The van der Waals surface area contributed by atoms with E-state index in [1.165, 1.54) is 38.5 Å². The number of hydrogen-bond acceptors (Lipinski definition) is 4. The third kappa shape index (κ3) is 3.41. The molecule has 32 heavy (non-hydrogen) atoms. The zero-order valence-electron chi connectivity index (χ0n) is 18.8. The minimum Gasteiger partial charge on any atom is -0.350 e. The molecule has 1 saturated heterocycles. The van der Waals surface area contributed by atoms with E-state index in [0.717, 1.165) is 37.4 Å². The molecule has 7 heteroatoms. The molecule has 1 atom stereocenters. The molecule has 0 spiro atoms. The first-order valence-electron chi connectivity index (χ1n) is 12.3. The molecular weight excluding hydrogens is 402 g/mol. The summed E-state index contributed by atoms with van der Waals surface area (Å²) in [4.78, 5) is 32.7. The summed E-state index contributed by atoms with van der Waals surface area (Å²) in [6.45, 7) is 5.07. The zero-order chi connectivity index (χ0) is 21.9. The van der Waals surface area contributed by atoms with E-state index in [2.05, 4.69) is 15.6 Å². The van der Waals surface area contributed by atoms with Crippen LogP contribution in [-0.4, -0.2) is 58.3 Å². The molecule has 4 aliphatic carbocycles. The third-order valence-corrected chi connectivity index (χ3v) is 8.50. The van der Waals surface area contributed by atoms with Crippen LogP contribution in [0, 0.1) is 23.2 Å². The van der Waals surface area contributed by atoms with Crippen molar-refractivity contribution in [3.8, 4) is 0 Å². The molecule has 2 aromatic rings. The Bertz CT molecular complexity index is 1020. The van der Waals surface area contributed by atoms with Gasteiger partial charge in [0.05, 0.1) is 0 Å². The predicted molar refractivity (Wildman–Crippen MR) is 121 cm³/mol. The van der Waals surface area contributed by atoms with Gasteiger partial charge in [-0.15, -0.1) is 0 Å². The molecule has 5 aliphatic rings. The molecule has 2 amide bonds. The summed E-state index contributed by atoms with van der Waals surface area (Å²) >= 11 is 0. The van der Waals surface area contributed by atoms with Crippen LogP contribution in [0.15, 0.2) is 24.4 Å². The van der Waals surface area contributed by atoms with Crippen LogP contribution in [-0.2, 0) is 0 Å². The van der Waals surface area contributed by atoms with Crippen LogP contribution < -0.4 is 10.6 Å². The summed E-state index contributed by atoms with van der Waals surface area (Å²) < 4.78 is 1.77. The molecule has 7 nitrogen and oxygen atoms in total. The molecule has 5 fully saturated rings. The van der Waals surface area contributed by atoms with E-state index in [1.807, 2.05) is 30.0 Å². The van der Waals surface area contributed by atoms with Crippen molar-refractivity contribution in [2.24, 2.45) is 23.2 Å². The third-order valence-electron chi connectivity index (χ3n) is 8.50. The highest BCUT2D eigenvalue weighted by Gasteiger charge is 2.50. The number of fused-ring (bicyclic) bond motifs is 1. The maximum atomic E-state index is 13.2. The molecular formula is C25H33N5O2. The Morgan fingerprint density at radius 2 is 1.88 bits per heavy atom. The van der Waals surface area contributed by atoms with Crippen molar-refractivity contribution in [2.75, 3.05) is 26.2 Å². The van der Waals surface area contributed by atoms with E-state index >= 15 is 0 Å². The van der Waals surface area contributed by atoms with Crippen molar-refractivity contribution >= 4 is 17.5 Å². The van der Waals surface area contributed by atoms with Crippen molar-refractivity contribution in [1.82, 2.24) is 24.9 Å². The van der Waals surface area contributed by atoms with Crippen LogP contribution in [0.4, 0.5) is 0 Å². The van der Waals surface area contributed by atoms with Crippen LogP contribution in [0.25, 0.3) is 5.65 Å². The number of nitrogens with one attached hydrogen (secondary N) is 2. The minimum atomic E-state index is -0.0710. The van der Waals surface area contributed by atoms with Crippen molar-refractivity contribution < 1.29 is 9.59 Å². The van der Waals surface area contributed by atoms with Gasteiger partial charge < -0.3 is 15.5 Å². The Morgan fingerprint density at radius 3 is 2.56 bits per heavy atom. The summed E-state index contributed by atoms with van der Waals surface area (Å²) in [6, 6.07) is 5.66. The lowest BCUT2D eigenvalue weighted by Gasteiger charge is -2.56. The molecule has 4 bridgehead atoms. The lowest BCUT2D eigenvalue weighted by Crippen LogP contribution is -2.52. The Labute approximate surface area is 188 Å². The average molecular weight is 436 g/mol. The number of imidazole rings is 1. The van der Waals surface area contributed by atoms with E-state index in [0.29, 0.717) is 29.0 Å². The topological polar surface area (TPSA) is 78.7 Å². The van der Waals surface area contributed by atoms with Gasteiger partial charge in [0.1, 0.15) is 17.0 Å². The van der Waals surface area contributed by atoms with Gasteiger partial charge in [-0.3, -0.25) is 14.0 Å². The first-order chi connectivity index (χ1) is 15.5. The molecule has 0 aromatic carbocycles. The van der Waals surface area contributed by atoms with Gasteiger partial charge in [0.2, 0.25) is 0 Å². The number of carbonyl (C=O) groups excluding carboxylic acids is 2. The summed E-state index contributed by atoms with van der Waals surface area (Å²) in [5.74, 6) is 2.48. The van der Waals surface area contributed by atoms with Gasteiger partial charge in [0.15, 0.2) is 0 Å². The second-order valence-corrected chi connectivity index (χ2v) is 10.9. The van der Waals surface area contributed by atoms with E-state index < -0.39 is 0 Å². The summed E-state index contributed by atoms with van der Waals surface area (Å²) in [7, 11) is 0. The first-order valence-corrected chi connectivity index (χ1v) is 12.3. The smallest absolute Gasteiger partial charge is 0.274 e. The van der Waals surface area contributed by atoms with Gasteiger partial charge in [0, 0.05) is 38.4 Å². The molecule has 3 heterocycles. The Kier molecular flexibility index (Phi) is 4.79. The second kappa shape index (κ2) is 7.58. The number of pyridine rings is 1. The predicted octanol–water partition coefficient (Wildman–Crippen LogP) is 2.71. The molecule has 0 radical (unpaired) electrons. The molecule has 2 aromatic heterocycles. The SMILES string of the molecule is CC1CNCCN1C(=O)c1cn2c(C(=O)NCC34CC5CC(CC(C5)C3)C4)cccc2n1. The van der Waals surface area contributed by atoms with E-state index in [9.17, 15) is 9.59 Å². The Balaban J connectivity index is 1.20. The molecule has 170 valence electrons. The number of piperazine rings is 1. The Morgan fingerprint density at radius 1 is 1.16 bits per heavy atom. The maximum Gasteiger partial charge on any atom is 0.274 e. The van der Waals surface area contributed by atoms with Crippen molar-refractivity contribution in [3.63, 3.8) is 0 Å².